The van der Waals surface area contributed by atoms with E-state index in [9.17, 15) is 19.5 Å². The number of amides is 2. The first-order valence-electron chi connectivity index (χ1n) is 9.58. The fourth-order valence-electron chi connectivity index (χ4n) is 4.28. The molecular formula is C19H23N5O5. The molecule has 2 fully saturated rings. The van der Waals surface area contributed by atoms with E-state index in [-0.39, 0.29) is 41.4 Å². The van der Waals surface area contributed by atoms with Gasteiger partial charge in [-0.05, 0) is 13.0 Å². The third-order valence-electron chi connectivity index (χ3n) is 5.88. The molecule has 2 N–H and O–H groups in total. The van der Waals surface area contributed by atoms with E-state index in [2.05, 4.69) is 15.2 Å². The van der Waals surface area contributed by atoms with Gasteiger partial charge in [-0.2, -0.15) is 5.10 Å². The number of rotatable bonds is 4. The Kier molecular flexibility index (Phi) is 4.73. The van der Waals surface area contributed by atoms with E-state index in [4.69, 9.17) is 4.42 Å². The van der Waals surface area contributed by atoms with Crippen LogP contribution in [0, 0.1) is 18.3 Å². The van der Waals surface area contributed by atoms with Gasteiger partial charge in [-0.25, -0.2) is 10.1 Å². The largest absolute Gasteiger partial charge is 0.435 e. The van der Waals surface area contributed by atoms with Gasteiger partial charge in [-0.1, -0.05) is 6.92 Å². The van der Waals surface area contributed by atoms with Crippen molar-refractivity contribution in [1.82, 2.24) is 25.0 Å². The third kappa shape index (κ3) is 3.23. The molecule has 0 unspecified atom stereocenters. The molecule has 0 bridgehead atoms. The van der Waals surface area contributed by atoms with Crippen molar-refractivity contribution < 1.29 is 19.1 Å². The molecule has 2 aromatic heterocycles. The summed E-state index contributed by atoms with van der Waals surface area (Å²) in [7, 11) is 0. The van der Waals surface area contributed by atoms with E-state index < -0.39 is 5.41 Å². The van der Waals surface area contributed by atoms with Gasteiger partial charge in [0.2, 0.25) is 5.76 Å². The Morgan fingerprint density at radius 2 is 1.97 bits per heavy atom. The van der Waals surface area contributed by atoms with Gasteiger partial charge in [0.05, 0.1) is 12.3 Å². The number of aromatic amines is 1. The Balaban J connectivity index is 1.50. The number of oxazole rings is 1. The fourth-order valence-corrected chi connectivity index (χ4v) is 4.28. The highest BCUT2D eigenvalue weighted by atomic mass is 16.4. The second kappa shape index (κ2) is 7.11. The molecule has 2 atom stereocenters. The van der Waals surface area contributed by atoms with E-state index in [1.54, 1.807) is 16.7 Å². The molecule has 2 aliphatic rings. The molecule has 4 rings (SSSR count). The maximum atomic E-state index is 12.9. The Hall–Kier alpha value is -3.01. The molecule has 2 aliphatic heterocycles. The molecule has 2 aromatic rings. The molecule has 0 aromatic carbocycles. The van der Waals surface area contributed by atoms with Crippen LogP contribution < -0.4 is 5.56 Å². The molecule has 2 saturated heterocycles. The highest BCUT2D eigenvalue weighted by Gasteiger charge is 2.54. The fraction of sp³-hybridized carbons (Fsp3) is 0.526. The first kappa shape index (κ1) is 19.3. The van der Waals surface area contributed by atoms with Gasteiger partial charge in [-0.3, -0.25) is 14.4 Å². The van der Waals surface area contributed by atoms with Gasteiger partial charge in [-0.15, -0.1) is 0 Å². The van der Waals surface area contributed by atoms with Crippen molar-refractivity contribution >= 4 is 11.8 Å². The summed E-state index contributed by atoms with van der Waals surface area (Å²) in [6.07, 6.45) is 0.604. The number of carbonyl (C=O) groups is 2. The molecule has 10 heteroatoms. The predicted octanol–water partition coefficient (Wildman–Crippen LogP) is -0.165. The molecular weight excluding hydrogens is 378 g/mol. The van der Waals surface area contributed by atoms with Crippen molar-refractivity contribution in [3.8, 4) is 0 Å². The smallest absolute Gasteiger partial charge is 0.291 e. The SMILES string of the molecule is CCc1nc(C)c(C(=O)N2C[C@@H]3CN(C(=O)c4ccc(=O)[nH]n4)C[C@]3(CO)C2)o1. The maximum absolute atomic E-state index is 12.9. The summed E-state index contributed by atoms with van der Waals surface area (Å²) in [5, 5.41) is 16.2. The minimum atomic E-state index is -0.588. The van der Waals surface area contributed by atoms with E-state index in [1.807, 2.05) is 6.92 Å². The monoisotopic (exact) mass is 401 g/mol. The number of nitrogens with one attached hydrogen (secondary N) is 1. The minimum Gasteiger partial charge on any atom is -0.435 e. The lowest BCUT2D eigenvalue weighted by Gasteiger charge is -2.26. The van der Waals surface area contributed by atoms with Crippen LogP contribution in [0.15, 0.2) is 21.3 Å². The second-order valence-corrected chi connectivity index (χ2v) is 7.77. The van der Waals surface area contributed by atoms with Crippen molar-refractivity contribution in [2.24, 2.45) is 11.3 Å². The standard InChI is InChI=1S/C19H23N5O5/c1-3-15-20-11(2)16(29-15)18(28)24-7-12-6-23(8-19(12,9-24)10-25)17(27)13-4-5-14(26)22-21-13/h4-5,12,25H,3,6-10H2,1-2H3,(H,22,26)/t12-,19+/m0/s1. The van der Waals surface area contributed by atoms with Crippen LogP contribution in [-0.4, -0.2) is 74.7 Å². The number of aliphatic hydroxyl groups excluding tert-OH is 1. The van der Waals surface area contributed by atoms with Crippen LogP contribution in [0.3, 0.4) is 0 Å². The molecule has 29 heavy (non-hydrogen) atoms. The van der Waals surface area contributed by atoms with Gasteiger partial charge in [0.1, 0.15) is 5.69 Å². The average molecular weight is 401 g/mol. The van der Waals surface area contributed by atoms with E-state index >= 15 is 0 Å². The topological polar surface area (TPSA) is 133 Å². The number of aromatic nitrogens is 3. The lowest BCUT2D eigenvalue weighted by molar-refractivity contribution is 0.0645. The first-order chi connectivity index (χ1) is 13.9. The number of aryl methyl sites for hydroxylation is 2. The van der Waals surface area contributed by atoms with E-state index in [1.165, 1.54) is 12.1 Å². The van der Waals surface area contributed by atoms with Crippen LogP contribution in [0.5, 0.6) is 0 Å². The van der Waals surface area contributed by atoms with Gasteiger partial charge >= 0.3 is 0 Å². The Morgan fingerprint density at radius 3 is 2.48 bits per heavy atom. The molecule has 0 saturated carbocycles. The number of hydrogen-bond donors (Lipinski definition) is 2. The molecule has 10 nitrogen and oxygen atoms in total. The van der Waals surface area contributed by atoms with Crippen LogP contribution in [0.4, 0.5) is 0 Å². The zero-order valence-electron chi connectivity index (χ0n) is 16.3. The van der Waals surface area contributed by atoms with Gasteiger partial charge < -0.3 is 19.3 Å². The highest BCUT2D eigenvalue weighted by molar-refractivity contribution is 5.93. The van der Waals surface area contributed by atoms with Crippen molar-refractivity contribution in [3.63, 3.8) is 0 Å². The highest BCUT2D eigenvalue weighted by Crippen LogP contribution is 2.43. The molecule has 154 valence electrons. The normalized spacial score (nSPS) is 23.5. The second-order valence-electron chi connectivity index (χ2n) is 7.77. The number of fused-ring (bicyclic) bond motifs is 1. The molecule has 0 radical (unpaired) electrons. The lowest BCUT2D eigenvalue weighted by atomic mass is 9.82. The van der Waals surface area contributed by atoms with Crippen LogP contribution in [0.1, 0.15) is 39.6 Å². The van der Waals surface area contributed by atoms with Crippen molar-refractivity contribution in [3.05, 3.63) is 45.5 Å². The number of nitrogens with zero attached hydrogens (tertiary/aromatic N) is 4. The Labute approximate surface area is 166 Å². The third-order valence-corrected chi connectivity index (χ3v) is 5.88. The summed E-state index contributed by atoms with van der Waals surface area (Å²) in [6.45, 7) is 4.98. The maximum Gasteiger partial charge on any atom is 0.291 e. The van der Waals surface area contributed by atoms with Crippen LogP contribution in [0.25, 0.3) is 0 Å². The van der Waals surface area contributed by atoms with Crippen molar-refractivity contribution in [2.45, 2.75) is 20.3 Å². The minimum absolute atomic E-state index is 0.0583. The van der Waals surface area contributed by atoms with E-state index in [0.717, 1.165) is 0 Å². The Bertz CT molecular complexity index is 994. The summed E-state index contributed by atoms with van der Waals surface area (Å²) in [5.41, 5.74) is -0.262. The zero-order chi connectivity index (χ0) is 20.8. The number of hydrogen-bond acceptors (Lipinski definition) is 7. The average Bonchev–Trinajstić information content (AvgIpc) is 3.37. The van der Waals surface area contributed by atoms with Crippen molar-refractivity contribution in [2.75, 3.05) is 32.8 Å². The van der Waals surface area contributed by atoms with Gasteiger partial charge in [0.25, 0.3) is 17.4 Å². The Morgan fingerprint density at radius 1 is 1.28 bits per heavy atom. The molecule has 4 heterocycles. The van der Waals surface area contributed by atoms with Crippen LogP contribution >= 0.6 is 0 Å². The number of likely N-dealkylation sites (tertiary alicyclic amines) is 2. The van der Waals surface area contributed by atoms with E-state index in [0.29, 0.717) is 44.2 Å². The lowest BCUT2D eigenvalue weighted by Crippen LogP contribution is -2.40. The number of carbonyl (C=O) groups excluding carboxylic acids is 2. The van der Waals surface area contributed by atoms with Gasteiger partial charge in [0, 0.05) is 50.0 Å². The number of aliphatic hydroxyl groups is 1. The zero-order valence-corrected chi connectivity index (χ0v) is 16.3. The summed E-state index contributed by atoms with van der Waals surface area (Å²) in [6, 6.07) is 2.64. The molecule has 2 amide bonds. The van der Waals surface area contributed by atoms with Crippen LogP contribution in [-0.2, 0) is 6.42 Å². The summed E-state index contributed by atoms with van der Waals surface area (Å²) < 4.78 is 5.59. The molecule has 0 aliphatic carbocycles. The first-order valence-corrected chi connectivity index (χ1v) is 9.58. The predicted molar refractivity (Wildman–Crippen MR) is 100 cm³/mol. The summed E-state index contributed by atoms with van der Waals surface area (Å²) in [4.78, 5) is 44.4. The quantitative estimate of drug-likeness (QED) is 0.727. The number of H-pyrrole nitrogens is 1. The summed E-state index contributed by atoms with van der Waals surface area (Å²) in [5.74, 6) is 0.154. The van der Waals surface area contributed by atoms with Crippen molar-refractivity contribution in [1.29, 1.82) is 0 Å². The molecule has 0 spiro atoms. The summed E-state index contributed by atoms with van der Waals surface area (Å²) >= 11 is 0. The van der Waals surface area contributed by atoms with Crippen LogP contribution in [0.2, 0.25) is 0 Å². The van der Waals surface area contributed by atoms with Gasteiger partial charge in [0.15, 0.2) is 5.89 Å².